The monoisotopic (exact) mass is 929 g/mol. The summed E-state index contributed by atoms with van der Waals surface area (Å²) in [6, 6.07) is 14.5. The molecule has 0 radical (unpaired) electrons. The van der Waals surface area contributed by atoms with Crippen molar-refractivity contribution in [1.29, 1.82) is 0 Å². The molecule has 2 aromatic carbocycles. The molecule has 0 amide bonds. The Bertz CT molecular complexity index is 1700. The van der Waals surface area contributed by atoms with Gasteiger partial charge in [-0.2, -0.15) is 0 Å². The number of benzene rings is 2. The zero-order valence-electron chi connectivity index (χ0n) is 45.7. The molecule has 0 aromatic heterocycles. The second kappa shape index (κ2) is 40.7. The van der Waals surface area contributed by atoms with Crippen molar-refractivity contribution in [2.75, 3.05) is 0 Å². The molecule has 0 atom stereocenters. The fraction of sp³-hybridized carbons (Fsp3) is 0.697. The third kappa shape index (κ3) is 25.7. The quantitative estimate of drug-likeness (QED) is 0.0359. The molecule has 3 rings (SSSR count). The second-order valence-electron chi connectivity index (χ2n) is 21.0. The normalized spacial score (nSPS) is 13.1. The third-order valence-corrected chi connectivity index (χ3v) is 14.9. The highest BCUT2D eigenvalue weighted by Gasteiger charge is 2.31. The van der Waals surface area contributed by atoms with Gasteiger partial charge in [0.15, 0.2) is 0 Å². The summed E-state index contributed by atoms with van der Waals surface area (Å²) in [7, 11) is 0. The van der Waals surface area contributed by atoms with Gasteiger partial charge in [-0.1, -0.05) is 263 Å². The zero-order chi connectivity index (χ0) is 48.5. The van der Waals surface area contributed by atoms with Crippen LogP contribution < -0.4 is 0 Å². The molecule has 2 nitrogen and oxygen atoms in total. The SMILES string of the molecule is CCCCCCCCCCCCC=CCCc1ccc(CCCCCCCC)cc1C1=CC(CC)=C(c2cc(CCCCCCCC)ccc2CCC=CCCCCCCCCCCCC)[N+]1=[N-]. The molecule has 0 saturated heterocycles. The Labute approximate surface area is 423 Å². The van der Waals surface area contributed by atoms with Crippen molar-refractivity contribution in [3.05, 3.63) is 111 Å². The van der Waals surface area contributed by atoms with Crippen LogP contribution in [0, 0.1) is 0 Å². The van der Waals surface area contributed by atoms with Gasteiger partial charge in [0.25, 0.3) is 0 Å². The van der Waals surface area contributed by atoms with Gasteiger partial charge < -0.3 is 5.53 Å². The molecule has 1 heterocycles. The van der Waals surface area contributed by atoms with Crippen molar-refractivity contribution in [2.24, 2.45) is 0 Å². The van der Waals surface area contributed by atoms with Gasteiger partial charge in [0, 0.05) is 22.8 Å². The van der Waals surface area contributed by atoms with Crippen LogP contribution in [0.25, 0.3) is 16.9 Å². The number of nitrogens with zero attached hydrogens (tertiary/aromatic N) is 2. The van der Waals surface area contributed by atoms with Crippen LogP contribution in [0.5, 0.6) is 0 Å². The maximum Gasteiger partial charge on any atom is 0.211 e. The Kier molecular flexibility index (Phi) is 35.5. The lowest BCUT2D eigenvalue weighted by atomic mass is 9.93. The first-order chi connectivity index (χ1) is 33.6. The molecular formula is C66H108N2. The number of aryl methyl sites for hydroxylation is 4. The summed E-state index contributed by atoms with van der Waals surface area (Å²) >= 11 is 0. The molecule has 1 aliphatic heterocycles. The van der Waals surface area contributed by atoms with Crippen molar-refractivity contribution >= 4 is 11.4 Å². The molecule has 0 spiro atoms. The fourth-order valence-corrected chi connectivity index (χ4v) is 10.4. The van der Waals surface area contributed by atoms with Gasteiger partial charge in [0.2, 0.25) is 11.4 Å². The van der Waals surface area contributed by atoms with Crippen LogP contribution >= 0.6 is 0 Å². The van der Waals surface area contributed by atoms with Crippen LogP contribution in [0.1, 0.15) is 306 Å². The summed E-state index contributed by atoms with van der Waals surface area (Å²) in [5.74, 6) is 0. The van der Waals surface area contributed by atoms with Gasteiger partial charge >= 0.3 is 0 Å². The molecule has 2 heteroatoms. The van der Waals surface area contributed by atoms with E-state index < -0.39 is 0 Å². The van der Waals surface area contributed by atoms with Gasteiger partial charge in [-0.3, -0.25) is 0 Å². The predicted molar refractivity (Wildman–Crippen MR) is 304 cm³/mol. The van der Waals surface area contributed by atoms with Crippen molar-refractivity contribution in [2.45, 2.75) is 298 Å². The third-order valence-electron chi connectivity index (χ3n) is 14.9. The summed E-state index contributed by atoms with van der Waals surface area (Å²) in [4.78, 5) is 0. The largest absolute Gasteiger partial charge is 0.493 e. The van der Waals surface area contributed by atoms with E-state index in [9.17, 15) is 5.53 Å². The highest BCUT2D eigenvalue weighted by Crippen LogP contribution is 2.40. The number of hydrogen-bond acceptors (Lipinski definition) is 0. The molecule has 0 bridgehead atoms. The molecular weight excluding hydrogens is 821 g/mol. The van der Waals surface area contributed by atoms with Crippen molar-refractivity contribution in [3.63, 3.8) is 0 Å². The van der Waals surface area contributed by atoms with Crippen molar-refractivity contribution in [1.82, 2.24) is 0 Å². The van der Waals surface area contributed by atoms with Crippen LogP contribution in [0.2, 0.25) is 0 Å². The second-order valence-corrected chi connectivity index (χ2v) is 21.0. The minimum Gasteiger partial charge on any atom is -0.493 e. The van der Waals surface area contributed by atoms with E-state index in [1.54, 1.807) is 4.70 Å². The van der Waals surface area contributed by atoms with E-state index in [1.165, 1.54) is 257 Å². The van der Waals surface area contributed by atoms with Gasteiger partial charge in [-0.25, -0.2) is 4.70 Å². The lowest BCUT2D eigenvalue weighted by Crippen LogP contribution is -2.08. The van der Waals surface area contributed by atoms with Crippen LogP contribution in [0.15, 0.2) is 72.4 Å². The average Bonchev–Trinajstić information content (AvgIpc) is 3.69. The van der Waals surface area contributed by atoms with Crippen LogP contribution in [-0.2, 0) is 25.7 Å². The van der Waals surface area contributed by atoms with Crippen molar-refractivity contribution in [3.8, 4) is 0 Å². The van der Waals surface area contributed by atoms with E-state index in [-0.39, 0.29) is 0 Å². The summed E-state index contributed by atoms with van der Waals surface area (Å²) in [6.07, 6.45) is 65.2. The van der Waals surface area contributed by atoms with Crippen LogP contribution in [-0.4, -0.2) is 4.70 Å². The van der Waals surface area contributed by atoms with Gasteiger partial charge in [-0.05, 0) is 118 Å². The first-order valence-corrected chi connectivity index (χ1v) is 30.1. The maximum atomic E-state index is 12.5. The molecule has 382 valence electrons. The summed E-state index contributed by atoms with van der Waals surface area (Å²) < 4.78 is 1.61. The van der Waals surface area contributed by atoms with E-state index >= 15 is 0 Å². The van der Waals surface area contributed by atoms with E-state index in [1.807, 2.05) is 0 Å². The van der Waals surface area contributed by atoms with E-state index in [0.29, 0.717) is 0 Å². The van der Waals surface area contributed by atoms with Gasteiger partial charge in [0.05, 0.1) is 0 Å². The summed E-state index contributed by atoms with van der Waals surface area (Å²) in [5, 5.41) is 0. The van der Waals surface area contributed by atoms with E-state index in [2.05, 4.69) is 101 Å². The number of rotatable bonds is 45. The van der Waals surface area contributed by atoms with Crippen LogP contribution in [0.3, 0.4) is 0 Å². The lowest BCUT2D eigenvalue weighted by Gasteiger charge is -2.17. The smallest absolute Gasteiger partial charge is 0.211 e. The first kappa shape index (κ1) is 59.3. The predicted octanol–water partition coefficient (Wildman–Crippen LogP) is 22.3. The molecule has 0 saturated carbocycles. The summed E-state index contributed by atoms with van der Waals surface area (Å²) in [6.45, 7) is 11.5. The Morgan fingerprint density at radius 1 is 0.368 bits per heavy atom. The minimum absolute atomic E-state index is 0.893. The maximum absolute atomic E-state index is 12.5. The Balaban J connectivity index is 1.73. The highest BCUT2D eigenvalue weighted by atomic mass is 15.2. The number of unbranched alkanes of at least 4 members (excludes halogenated alkanes) is 30. The molecule has 0 fully saturated rings. The van der Waals surface area contributed by atoms with Gasteiger partial charge in [-0.15, -0.1) is 0 Å². The minimum atomic E-state index is 0.893. The van der Waals surface area contributed by atoms with Gasteiger partial charge in [0.1, 0.15) is 0 Å². The fourth-order valence-electron chi connectivity index (χ4n) is 10.4. The molecule has 1 aliphatic rings. The number of allylic oxidation sites excluding steroid dienone is 6. The Morgan fingerprint density at radius 2 is 0.706 bits per heavy atom. The van der Waals surface area contributed by atoms with Crippen molar-refractivity contribution < 1.29 is 4.70 Å². The van der Waals surface area contributed by atoms with E-state index in [4.69, 9.17) is 0 Å². The Hall–Kier alpha value is -3.00. The molecule has 0 N–H and O–H groups in total. The molecule has 68 heavy (non-hydrogen) atoms. The molecule has 0 unspecified atom stereocenters. The highest BCUT2D eigenvalue weighted by molar-refractivity contribution is 5.80. The topological polar surface area (TPSA) is 25.3 Å². The van der Waals surface area contributed by atoms with E-state index in [0.717, 1.165) is 56.3 Å². The molecule has 0 aliphatic carbocycles. The average molecular weight is 930 g/mol. The zero-order valence-corrected chi connectivity index (χ0v) is 45.7. The number of hydrogen-bond donors (Lipinski definition) is 0. The standard InChI is InChI=1S/C66H108N2/c1-6-11-15-19-23-25-27-29-31-33-35-37-41-45-49-61-53-51-58(47-43-39-21-17-13-8-3)55-63(61)65-57-60(10-5)66(68(65)67)64-56-59(48-44-40-22-18-14-9-4)52-54-62(64)50-46-42-38-36-34-32-30-28-26-24-20-16-12-7-2/h37-38,41-42,51-57H,6-36,39-40,43-50H2,1-5H3. The summed E-state index contributed by atoms with van der Waals surface area (Å²) in [5.41, 5.74) is 23.8. The first-order valence-electron chi connectivity index (χ1n) is 30.1. The van der Waals surface area contributed by atoms with Crippen LogP contribution in [0.4, 0.5) is 0 Å². The Morgan fingerprint density at radius 3 is 1.10 bits per heavy atom. The molecule has 2 aromatic rings. The lowest BCUT2D eigenvalue weighted by molar-refractivity contribution is -0.344.